The van der Waals surface area contributed by atoms with Gasteiger partial charge in [0.05, 0.1) is 11.4 Å². The van der Waals surface area contributed by atoms with Gasteiger partial charge in [0.2, 0.25) is 5.91 Å². The summed E-state index contributed by atoms with van der Waals surface area (Å²) < 4.78 is 20.4. The molecule has 0 radical (unpaired) electrons. The summed E-state index contributed by atoms with van der Waals surface area (Å²) >= 11 is 0.867. The Bertz CT molecular complexity index is 1520. The molecule has 0 bridgehead atoms. The van der Waals surface area contributed by atoms with E-state index in [1.807, 2.05) is 65.4 Å². The standard InChI is InChI=1S/C29H24FN3O4S/c30-22-10-12-23(13-11-22)37-15-14-33-28(35)26(38-29(33)36)16-21-18-32(25-9-5-4-8-24(21)25)19-27(34)31-17-20-6-2-1-3-7-20/h1-13,16,18H,14-15,17,19H2,(H,31,34)/b26-16-. The summed E-state index contributed by atoms with van der Waals surface area (Å²) in [5.41, 5.74) is 2.60. The monoisotopic (exact) mass is 529 g/mol. The van der Waals surface area contributed by atoms with E-state index in [1.54, 1.807) is 6.08 Å². The van der Waals surface area contributed by atoms with E-state index in [9.17, 15) is 18.8 Å². The van der Waals surface area contributed by atoms with Crippen LogP contribution in [-0.2, 0) is 22.7 Å². The molecule has 1 saturated heterocycles. The third kappa shape index (κ3) is 5.78. The molecule has 0 spiro atoms. The van der Waals surface area contributed by atoms with Gasteiger partial charge in [-0.05, 0) is 53.7 Å². The minimum Gasteiger partial charge on any atom is -0.492 e. The van der Waals surface area contributed by atoms with Crippen molar-refractivity contribution in [2.75, 3.05) is 13.2 Å². The van der Waals surface area contributed by atoms with Gasteiger partial charge in [-0.15, -0.1) is 0 Å². The molecule has 9 heteroatoms. The molecular weight excluding hydrogens is 505 g/mol. The molecule has 192 valence electrons. The first-order chi connectivity index (χ1) is 18.5. The number of fused-ring (bicyclic) bond motifs is 1. The van der Waals surface area contributed by atoms with Gasteiger partial charge in [-0.25, -0.2) is 4.39 Å². The van der Waals surface area contributed by atoms with Crippen molar-refractivity contribution in [1.29, 1.82) is 0 Å². The average molecular weight is 530 g/mol. The van der Waals surface area contributed by atoms with Crippen molar-refractivity contribution in [3.8, 4) is 5.75 Å². The van der Waals surface area contributed by atoms with Gasteiger partial charge >= 0.3 is 0 Å². The number of carbonyl (C=O) groups excluding carboxylic acids is 3. The van der Waals surface area contributed by atoms with Crippen molar-refractivity contribution in [2.45, 2.75) is 13.1 Å². The number of ether oxygens (including phenoxy) is 1. The van der Waals surface area contributed by atoms with Crippen LogP contribution in [0.3, 0.4) is 0 Å². The maximum atomic E-state index is 13.1. The van der Waals surface area contributed by atoms with E-state index in [-0.39, 0.29) is 36.7 Å². The van der Waals surface area contributed by atoms with Crippen molar-refractivity contribution in [2.24, 2.45) is 0 Å². The van der Waals surface area contributed by atoms with Crippen molar-refractivity contribution in [3.63, 3.8) is 0 Å². The number of thioether (sulfide) groups is 1. The van der Waals surface area contributed by atoms with Crippen LogP contribution in [0.25, 0.3) is 17.0 Å². The first-order valence-corrected chi connectivity index (χ1v) is 12.8. The van der Waals surface area contributed by atoms with E-state index in [1.165, 1.54) is 24.3 Å². The van der Waals surface area contributed by atoms with E-state index >= 15 is 0 Å². The molecule has 5 rings (SSSR count). The Kier molecular flexibility index (Phi) is 7.55. The minimum absolute atomic E-state index is 0.0722. The first kappa shape index (κ1) is 25.3. The SMILES string of the molecule is O=C(Cn1cc(/C=C2\SC(=O)N(CCOc3ccc(F)cc3)C2=O)c2ccccc21)NCc1ccccc1. The summed E-state index contributed by atoms with van der Waals surface area (Å²) in [6.45, 7) is 0.713. The number of rotatable bonds is 9. The molecule has 1 aromatic heterocycles. The van der Waals surface area contributed by atoms with Crippen molar-refractivity contribution in [1.82, 2.24) is 14.8 Å². The number of aromatic nitrogens is 1. The average Bonchev–Trinajstić information content (AvgIpc) is 3.40. The Hall–Kier alpha value is -4.37. The molecule has 3 aromatic carbocycles. The van der Waals surface area contributed by atoms with Crippen LogP contribution in [0, 0.1) is 5.82 Å². The van der Waals surface area contributed by atoms with Gasteiger partial charge in [0.25, 0.3) is 11.1 Å². The molecular formula is C29H24FN3O4S. The number of nitrogens with zero attached hydrogens (tertiary/aromatic N) is 2. The number of nitrogens with one attached hydrogen (secondary N) is 1. The lowest BCUT2D eigenvalue weighted by Gasteiger charge is -2.13. The van der Waals surface area contributed by atoms with Crippen LogP contribution in [0.1, 0.15) is 11.1 Å². The molecule has 0 atom stereocenters. The lowest BCUT2D eigenvalue weighted by atomic mass is 10.1. The molecule has 2 heterocycles. The molecule has 0 unspecified atom stereocenters. The summed E-state index contributed by atoms with van der Waals surface area (Å²) in [4.78, 5) is 39.6. The minimum atomic E-state index is -0.403. The lowest BCUT2D eigenvalue weighted by Crippen LogP contribution is -2.32. The predicted molar refractivity (Wildman–Crippen MR) is 145 cm³/mol. The van der Waals surface area contributed by atoms with Gasteiger partial charge in [-0.1, -0.05) is 48.5 Å². The number of hydrogen-bond donors (Lipinski definition) is 1. The summed E-state index contributed by atoms with van der Waals surface area (Å²) in [6, 6.07) is 22.8. The van der Waals surface area contributed by atoms with Gasteiger partial charge in [0.1, 0.15) is 24.7 Å². The lowest BCUT2D eigenvalue weighted by molar-refractivity contribution is -0.123. The molecule has 0 saturated carbocycles. The van der Waals surface area contributed by atoms with Crippen LogP contribution in [0.5, 0.6) is 5.75 Å². The molecule has 7 nitrogen and oxygen atoms in total. The predicted octanol–water partition coefficient (Wildman–Crippen LogP) is 5.21. The number of para-hydroxylation sites is 1. The van der Waals surface area contributed by atoms with Gasteiger partial charge in [-0.2, -0.15) is 0 Å². The van der Waals surface area contributed by atoms with Gasteiger partial charge in [0, 0.05) is 29.2 Å². The van der Waals surface area contributed by atoms with E-state index in [0.717, 1.165) is 38.7 Å². The number of hydrogen-bond acceptors (Lipinski definition) is 5. The molecule has 1 fully saturated rings. The van der Waals surface area contributed by atoms with Gasteiger partial charge in [0.15, 0.2) is 0 Å². The highest BCUT2D eigenvalue weighted by Crippen LogP contribution is 2.34. The largest absolute Gasteiger partial charge is 0.492 e. The van der Waals surface area contributed by atoms with Crippen LogP contribution in [0.4, 0.5) is 9.18 Å². The molecule has 1 aliphatic rings. The number of benzene rings is 3. The van der Waals surface area contributed by atoms with Crippen LogP contribution in [-0.4, -0.2) is 39.7 Å². The fraction of sp³-hybridized carbons (Fsp3) is 0.138. The van der Waals surface area contributed by atoms with Gasteiger partial charge < -0.3 is 14.6 Å². The van der Waals surface area contributed by atoms with Crippen LogP contribution in [0.15, 0.2) is 90.0 Å². The summed E-state index contributed by atoms with van der Waals surface area (Å²) in [5, 5.41) is 3.42. The Morgan fingerprint density at radius 1 is 0.974 bits per heavy atom. The molecule has 0 aliphatic carbocycles. The fourth-order valence-electron chi connectivity index (χ4n) is 4.15. The number of carbonyl (C=O) groups is 3. The normalized spacial score (nSPS) is 14.4. The smallest absolute Gasteiger partial charge is 0.293 e. The van der Waals surface area contributed by atoms with E-state index in [2.05, 4.69) is 5.32 Å². The number of halogens is 1. The molecule has 38 heavy (non-hydrogen) atoms. The fourth-order valence-corrected chi connectivity index (χ4v) is 5.00. The zero-order valence-electron chi connectivity index (χ0n) is 20.3. The highest BCUT2D eigenvalue weighted by Gasteiger charge is 2.35. The summed E-state index contributed by atoms with van der Waals surface area (Å²) in [7, 11) is 0. The van der Waals surface area contributed by atoms with Crippen LogP contribution in [0.2, 0.25) is 0 Å². The third-order valence-electron chi connectivity index (χ3n) is 6.02. The maximum Gasteiger partial charge on any atom is 0.293 e. The number of amides is 3. The summed E-state index contributed by atoms with van der Waals surface area (Å²) in [5.74, 6) is -0.458. The Morgan fingerprint density at radius 3 is 2.50 bits per heavy atom. The highest BCUT2D eigenvalue weighted by molar-refractivity contribution is 8.18. The Labute approximate surface area is 222 Å². The molecule has 1 N–H and O–H groups in total. The second-order valence-corrected chi connectivity index (χ2v) is 9.62. The second-order valence-electron chi connectivity index (χ2n) is 8.63. The maximum absolute atomic E-state index is 13.1. The summed E-state index contributed by atoms with van der Waals surface area (Å²) in [6.07, 6.45) is 3.50. The van der Waals surface area contributed by atoms with Crippen molar-refractivity contribution in [3.05, 3.63) is 107 Å². The molecule has 4 aromatic rings. The Balaban J connectivity index is 1.27. The van der Waals surface area contributed by atoms with Crippen molar-refractivity contribution >= 4 is 45.8 Å². The zero-order valence-corrected chi connectivity index (χ0v) is 21.1. The highest BCUT2D eigenvalue weighted by atomic mass is 32.2. The van der Waals surface area contributed by atoms with Crippen LogP contribution < -0.4 is 10.1 Å². The van der Waals surface area contributed by atoms with E-state index in [0.29, 0.717) is 17.2 Å². The zero-order chi connectivity index (χ0) is 26.5. The molecule has 1 aliphatic heterocycles. The van der Waals surface area contributed by atoms with Gasteiger partial charge in [-0.3, -0.25) is 19.3 Å². The van der Waals surface area contributed by atoms with E-state index in [4.69, 9.17) is 4.74 Å². The topological polar surface area (TPSA) is 80.6 Å². The van der Waals surface area contributed by atoms with E-state index < -0.39 is 5.91 Å². The third-order valence-corrected chi connectivity index (χ3v) is 6.93. The van der Waals surface area contributed by atoms with Crippen LogP contribution >= 0.6 is 11.8 Å². The second kappa shape index (κ2) is 11.4. The number of imide groups is 1. The molecule has 3 amide bonds. The van der Waals surface area contributed by atoms with Crippen molar-refractivity contribution < 1.29 is 23.5 Å². The Morgan fingerprint density at radius 2 is 1.71 bits per heavy atom. The first-order valence-electron chi connectivity index (χ1n) is 12.0. The quantitative estimate of drug-likeness (QED) is 0.301.